The number of rotatable bonds is 4. The standard InChI is InChI=1S/2C12H24N4O2.H2O3S/c2*1-12(2,3)18-11(17)15-8-9-4-6-16(7-5-9)10(13)14;1-4(2)3/h2*9H,4-8H2,1-3H3,(H3,13,14)(H,15,17);(H2,1,2,3). The van der Waals surface area contributed by atoms with E-state index < -0.39 is 22.6 Å². The van der Waals surface area contributed by atoms with Crippen LogP contribution in [0.25, 0.3) is 0 Å². The minimum Gasteiger partial charge on any atom is -0.444 e. The van der Waals surface area contributed by atoms with Gasteiger partial charge in [0.05, 0.1) is 0 Å². The molecule has 2 fully saturated rings. The third-order valence-electron chi connectivity index (χ3n) is 5.78. The fraction of sp³-hybridized carbons (Fsp3) is 0.833. The van der Waals surface area contributed by atoms with Crippen LogP contribution in [0, 0.1) is 22.7 Å². The van der Waals surface area contributed by atoms with Gasteiger partial charge in [-0.25, -0.2) is 9.59 Å². The second-order valence-corrected chi connectivity index (χ2v) is 12.1. The lowest BCUT2D eigenvalue weighted by Crippen LogP contribution is -2.44. The van der Waals surface area contributed by atoms with Crippen LogP contribution in [0.15, 0.2) is 0 Å². The number of hydrogen-bond acceptors (Lipinski definition) is 7. The Morgan fingerprint density at radius 3 is 1.23 bits per heavy atom. The van der Waals surface area contributed by atoms with Crippen molar-refractivity contribution in [3.05, 3.63) is 0 Å². The molecule has 10 N–H and O–H groups in total. The van der Waals surface area contributed by atoms with Crippen molar-refractivity contribution in [2.45, 2.75) is 78.4 Å². The highest BCUT2D eigenvalue weighted by Crippen LogP contribution is 2.17. The van der Waals surface area contributed by atoms with E-state index in [9.17, 15) is 9.59 Å². The van der Waals surface area contributed by atoms with Crippen LogP contribution in [0.4, 0.5) is 9.59 Å². The maximum absolute atomic E-state index is 11.5. The lowest BCUT2D eigenvalue weighted by atomic mass is 9.97. The van der Waals surface area contributed by atoms with E-state index in [4.69, 9.17) is 45.1 Å². The molecule has 0 aromatic heterocycles. The molecule has 0 aliphatic carbocycles. The minimum absolute atomic E-state index is 0.133. The van der Waals surface area contributed by atoms with Gasteiger partial charge in [0, 0.05) is 39.3 Å². The van der Waals surface area contributed by atoms with Crippen LogP contribution >= 0.6 is 0 Å². The minimum atomic E-state index is -2.61. The van der Waals surface area contributed by atoms with Crippen LogP contribution in [0.5, 0.6) is 0 Å². The lowest BCUT2D eigenvalue weighted by molar-refractivity contribution is 0.0502. The molecule has 2 aliphatic rings. The predicted octanol–water partition coefficient (Wildman–Crippen LogP) is 1.91. The van der Waals surface area contributed by atoms with Crippen LogP contribution in [-0.2, 0) is 20.8 Å². The average molecular weight is 595 g/mol. The number of alkyl carbamates (subject to hydrolysis) is 2. The van der Waals surface area contributed by atoms with Crippen LogP contribution < -0.4 is 22.1 Å². The number of ether oxygens (including phenoxy) is 2. The third kappa shape index (κ3) is 20.1. The predicted molar refractivity (Wildman–Crippen MR) is 154 cm³/mol. The van der Waals surface area contributed by atoms with Gasteiger partial charge in [0.2, 0.25) is 0 Å². The second kappa shape index (κ2) is 17.8. The van der Waals surface area contributed by atoms with Gasteiger partial charge < -0.3 is 41.4 Å². The van der Waals surface area contributed by atoms with Gasteiger partial charge in [0.15, 0.2) is 11.9 Å². The number of likely N-dealkylation sites (tertiary alicyclic amines) is 2. The van der Waals surface area contributed by atoms with Crippen molar-refractivity contribution in [2.24, 2.45) is 23.3 Å². The van der Waals surface area contributed by atoms with Crippen LogP contribution in [0.2, 0.25) is 0 Å². The number of nitrogens with one attached hydrogen (secondary N) is 4. The van der Waals surface area contributed by atoms with Crippen LogP contribution in [0.1, 0.15) is 67.2 Å². The summed E-state index contributed by atoms with van der Waals surface area (Å²) in [5, 5.41) is 20.3. The number of nitrogens with zero attached hydrogens (tertiary/aromatic N) is 2. The van der Waals surface area contributed by atoms with Gasteiger partial charge in [-0.3, -0.25) is 19.9 Å². The molecule has 2 rings (SSSR count). The molecule has 2 amide bonds. The van der Waals surface area contributed by atoms with Crippen LogP contribution in [-0.4, -0.2) is 97.7 Å². The highest BCUT2D eigenvalue weighted by molar-refractivity contribution is 7.73. The molecule has 40 heavy (non-hydrogen) atoms. The topological polar surface area (TPSA) is 240 Å². The largest absolute Gasteiger partial charge is 0.444 e. The number of guanidine groups is 2. The fourth-order valence-corrected chi connectivity index (χ4v) is 3.84. The molecule has 0 radical (unpaired) electrons. The van der Waals surface area contributed by atoms with Gasteiger partial charge >= 0.3 is 12.2 Å². The molecule has 0 spiro atoms. The molecule has 15 nitrogen and oxygen atoms in total. The van der Waals surface area contributed by atoms with Gasteiger partial charge in [-0.15, -0.1) is 0 Å². The van der Waals surface area contributed by atoms with Crippen molar-refractivity contribution in [2.75, 3.05) is 39.3 Å². The summed E-state index contributed by atoms with van der Waals surface area (Å²) in [4.78, 5) is 26.7. The van der Waals surface area contributed by atoms with E-state index in [2.05, 4.69) is 10.6 Å². The Morgan fingerprint density at radius 2 is 1.02 bits per heavy atom. The molecular weight excluding hydrogens is 544 g/mol. The number of carbonyl (C=O) groups is 2. The summed E-state index contributed by atoms with van der Waals surface area (Å²) in [6.45, 7) is 15.5. The quantitative estimate of drug-likeness (QED) is 0.133. The van der Waals surface area contributed by atoms with E-state index in [0.717, 1.165) is 51.9 Å². The van der Waals surface area contributed by atoms with Crippen molar-refractivity contribution in [3.63, 3.8) is 0 Å². The summed E-state index contributed by atoms with van der Waals surface area (Å²) in [5.74, 6) is 1.14. The molecule has 0 unspecified atom stereocenters. The molecule has 0 atom stereocenters. The SMILES string of the molecule is CC(C)(C)OC(=O)NCC1CCN(C(=N)N)CC1.CC(C)(C)OC(=O)NCC1CCN(C(=N)N)CC1.O=S(O)O. The number of hydrogen-bond donors (Lipinski definition) is 8. The van der Waals surface area contributed by atoms with E-state index in [1.54, 1.807) is 0 Å². The first-order valence-corrected chi connectivity index (χ1v) is 14.3. The Bertz CT molecular complexity index is 766. The summed E-state index contributed by atoms with van der Waals surface area (Å²) >= 11 is -2.61. The third-order valence-corrected chi connectivity index (χ3v) is 5.78. The zero-order valence-electron chi connectivity index (χ0n) is 24.6. The number of piperidine rings is 2. The highest BCUT2D eigenvalue weighted by atomic mass is 32.2. The van der Waals surface area contributed by atoms with E-state index in [1.165, 1.54) is 0 Å². The molecular formula is C24H50N8O7S. The first-order valence-electron chi connectivity index (χ1n) is 13.2. The van der Waals surface area contributed by atoms with Gasteiger partial charge in [-0.2, -0.15) is 4.21 Å². The average Bonchev–Trinajstić information content (AvgIpc) is 2.80. The van der Waals surface area contributed by atoms with Crippen LogP contribution in [0.3, 0.4) is 0 Å². The maximum Gasteiger partial charge on any atom is 0.407 e. The first kappa shape index (κ1) is 37.1. The van der Waals surface area contributed by atoms with Crippen molar-refractivity contribution >= 4 is 35.5 Å². The number of nitrogens with two attached hydrogens (primary N) is 2. The normalized spacial score (nSPS) is 16.5. The Morgan fingerprint density at radius 1 is 0.775 bits per heavy atom. The molecule has 0 bridgehead atoms. The molecule has 2 saturated heterocycles. The maximum atomic E-state index is 11.5. The summed E-state index contributed by atoms with van der Waals surface area (Å²) in [6.07, 6.45) is 3.03. The zero-order valence-corrected chi connectivity index (χ0v) is 25.4. The van der Waals surface area contributed by atoms with E-state index >= 15 is 0 Å². The lowest BCUT2D eigenvalue weighted by Gasteiger charge is -2.32. The first-order chi connectivity index (χ1) is 18.3. The Kier molecular flexibility index (Phi) is 16.5. The second-order valence-electron chi connectivity index (χ2n) is 11.6. The van der Waals surface area contributed by atoms with Gasteiger partial charge in [-0.1, -0.05) is 0 Å². The molecule has 0 aromatic carbocycles. The van der Waals surface area contributed by atoms with Crippen molar-refractivity contribution in [1.29, 1.82) is 10.8 Å². The molecule has 234 valence electrons. The number of carbonyl (C=O) groups excluding carboxylic acids is 2. The summed E-state index contributed by atoms with van der Waals surface area (Å²) < 4.78 is 33.2. The van der Waals surface area contributed by atoms with E-state index in [1.807, 2.05) is 51.3 Å². The summed E-state index contributed by atoms with van der Waals surface area (Å²) in [7, 11) is 0. The molecule has 2 aliphatic heterocycles. The van der Waals surface area contributed by atoms with E-state index in [0.29, 0.717) is 24.9 Å². The zero-order chi connectivity index (χ0) is 31.1. The molecule has 0 saturated carbocycles. The van der Waals surface area contributed by atoms with Crippen molar-refractivity contribution in [1.82, 2.24) is 20.4 Å². The summed E-state index contributed by atoms with van der Waals surface area (Å²) in [6, 6.07) is 0. The molecule has 0 aromatic rings. The highest BCUT2D eigenvalue weighted by Gasteiger charge is 2.23. The van der Waals surface area contributed by atoms with Gasteiger partial charge in [0.1, 0.15) is 11.2 Å². The monoisotopic (exact) mass is 594 g/mol. The van der Waals surface area contributed by atoms with Gasteiger partial charge in [-0.05, 0) is 79.1 Å². The fourth-order valence-electron chi connectivity index (χ4n) is 3.84. The Labute approximate surface area is 240 Å². The number of amides is 2. The van der Waals surface area contributed by atoms with Crippen molar-refractivity contribution in [3.8, 4) is 0 Å². The molecule has 16 heteroatoms. The van der Waals surface area contributed by atoms with Crippen molar-refractivity contribution < 1.29 is 32.4 Å². The van der Waals surface area contributed by atoms with E-state index in [-0.39, 0.29) is 24.1 Å². The smallest absolute Gasteiger partial charge is 0.407 e. The Hall–Kier alpha value is -2.85. The Balaban J connectivity index is 0.000000671. The molecule has 2 heterocycles. The van der Waals surface area contributed by atoms with Gasteiger partial charge in [0.25, 0.3) is 11.4 Å². The summed E-state index contributed by atoms with van der Waals surface area (Å²) in [5.41, 5.74) is 9.93.